The van der Waals surface area contributed by atoms with E-state index in [1.54, 1.807) is 44.2 Å². The van der Waals surface area contributed by atoms with Crippen LogP contribution in [0.3, 0.4) is 0 Å². The number of methoxy groups -OCH3 is 1. The summed E-state index contributed by atoms with van der Waals surface area (Å²) >= 11 is 0. The molecule has 1 aliphatic heterocycles. The van der Waals surface area contributed by atoms with E-state index in [9.17, 15) is 14.4 Å². The molecule has 1 heterocycles. The number of carbonyl (C=O) groups excluding carboxylic acids is 3. The van der Waals surface area contributed by atoms with Crippen LogP contribution in [-0.4, -0.2) is 99.1 Å². The second kappa shape index (κ2) is 12.0. The zero-order valence-corrected chi connectivity index (χ0v) is 20.9. The smallest absolute Gasteiger partial charge is 0.257 e. The number of fused-ring (bicyclic) bond motifs is 1. The number of nitrogens with zero attached hydrogens (tertiary/aromatic N) is 3. The Hall–Kier alpha value is -2.65. The summed E-state index contributed by atoms with van der Waals surface area (Å²) in [6, 6.07) is 4.83. The van der Waals surface area contributed by atoms with Crippen molar-refractivity contribution in [1.82, 2.24) is 14.7 Å². The molecule has 2 rings (SSSR count). The molecule has 0 bridgehead atoms. The van der Waals surface area contributed by atoms with E-state index in [1.165, 1.54) is 0 Å². The van der Waals surface area contributed by atoms with Crippen LogP contribution < -0.4 is 10.1 Å². The molecule has 9 nitrogen and oxygen atoms in total. The first-order valence-corrected chi connectivity index (χ1v) is 11.4. The molecule has 0 saturated carbocycles. The minimum Gasteiger partial charge on any atom is -0.491 e. The summed E-state index contributed by atoms with van der Waals surface area (Å²) in [7, 11) is 7.06. The molecule has 1 aromatic carbocycles. The highest BCUT2D eigenvalue weighted by Gasteiger charge is 2.30. The zero-order valence-electron chi connectivity index (χ0n) is 20.9. The molecular formula is C24H38N4O5. The number of rotatable bonds is 5. The van der Waals surface area contributed by atoms with Crippen LogP contribution in [0.25, 0.3) is 0 Å². The Morgan fingerprint density at radius 2 is 1.94 bits per heavy atom. The van der Waals surface area contributed by atoms with E-state index in [-0.39, 0.29) is 42.4 Å². The van der Waals surface area contributed by atoms with Gasteiger partial charge in [0.1, 0.15) is 12.4 Å². The highest BCUT2D eigenvalue weighted by molar-refractivity contribution is 5.99. The molecule has 0 unspecified atom stereocenters. The molecule has 3 amide bonds. The SMILES string of the molecule is CCC(=O)Nc1ccc2c(c1)C(=O)N(C)C[C@H](OC)[C@H](C)CN(C(=O)CN(C)C)[C@H](C)CO2. The van der Waals surface area contributed by atoms with E-state index >= 15 is 0 Å². The predicted molar refractivity (Wildman–Crippen MR) is 128 cm³/mol. The average Bonchev–Trinajstić information content (AvgIpc) is 2.77. The lowest BCUT2D eigenvalue weighted by atomic mass is 10.0. The van der Waals surface area contributed by atoms with Gasteiger partial charge in [-0.25, -0.2) is 0 Å². The van der Waals surface area contributed by atoms with Gasteiger partial charge in [0.2, 0.25) is 11.8 Å². The van der Waals surface area contributed by atoms with Crippen LogP contribution in [0.4, 0.5) is 5.69 Å². The van der Waals surface area contributed by atoms with Gasteiger partial charge in [0, 0.05) is 45.3 Å². The van der Waals surface area contributed by atoms with Crippen LogP contribution in [0.15, 0.2) is 18.2 Å². The van der Waals surface area contributed by atoms with Crippen molar-refractivity contribution in [2.75, 3.05) is 59.8 Å². The Morgan fingerprint density at radius 3 is 2.55 bits per heavy atom. The Labute approximate surface area is 197 Å². The van der Waals surface area contributed by atoms with Gasteiger partial charge in [-0.1, -0.05) is 13.8 Å². The number of benzene rings is 1. The van der Waals surface area contributed by atoms with Gasteiger partial charge in [-0.05, 0) is 39.2 Å². The summed E-state index contributed by atoms with van der Waals surface area (Å²) in [6.45, 7) is 7.10. The molecule has 184 valence electrons. The van der Waals surface area contributed by atoms with Crippen molar-refractivity contribution < 1.29 is 23.9 Å². The van der Waals surface area contributed by atoms with Crippen molar-refractivity contribution in [2.24, 2.45) is 5.92 Å². The molecule has 9 heteroatoms. The predicted octanol–water partition coefficient (Wildman–Crippen LogP) is 1.93. The first-order chi connectivity index (χ1) is 15.6. The van der Waals surface area contributed by atoms with Crippen LogP contribution in [0.2, 0.25) is 0 Å². The standard InChI is InChI=1S/C24H38N4O5/c1-8-22(29)25-18-9-10-20-19(11-18)24(31)27(6)13-21(32-7)16(2)12-28(17(3)15-33-20)23(30)14-26(4)5/h9-11,16-17,21H,8,12-15H2,1-7H3,(H,25,29)/t16-,17-,21+/m1/s1. The Morgan fingerprint density at radius 1 is 1.24 bits per heavy atom. The maximum atomic E-state index is 13.3. The van der Waals surface area contributed by atoms with E-state index in [4.69, 9.17) is 9.47 Å². The largest absolute Gasteiger partial charge is 0.491 e. The normalized spacial score (nSPS) is 22.2. The molecule has 1 N–H and O–H groups in total. The number of nitrogens with one attached hydrogen (secondary N) is 1. The second-order valence-corrected chi connectivity index (χ2v) is 8.99. The van der Waals surface area contributed by atoms with E-state index < -0.39 is 0 Å². The monoisotopic (exact) mass is 462 g/mol. The summed E-state index contributed by atoms with van der Waals surface area (Å²) < 4.78 is 11.8. The van der Waals surface area contributed by atoms with Crippen molar-refractivity contribution in [1.29, 1.82) is 0 Å². The van der Waals surface area contributed by atoms with E-state index in [1.807, 2.05) is 37.7 Å². The van der Waals surface area contributed by atoms with Crippen LogP contribution in [0, 0.1) is 5.92 Å². The Bertz CT molecular complexity index is 844. The number of carbonyl (C=O) groups is 3. The maximum absolute atomic E-state index is 13.3. The fourth-order valence-electron chi connectivity index (χ4n) is 3.81. The lowest BCUT2D eigenvalue weighted by Gasteiger charge is -2.36. The molecule has 1 aromatic rings. The van der Waals surface area contributed by atoms with Gasteiger partial charge >= 0.3 is 0 Å². The van der Waals surface area contributed by atoms with Crippen LogP contribution in [-0.2, 0) is 14.3 Å². The molecule has 0 radical (unpaired) electrons. The maximum Gasteiger partial charge on any atom is 0.257 e. The summed E-state index contributed by atoms with van der Waals surface area (Å²) in [5, 5.41) is 2.79. The summed E-state index contributed by atoms with van der Waals surface area (Å²) in [4.78, 5) is 43.4. The lowest BCUT2D eigenvalue weighted by Crippen LogP contribution is -2.50. The van der Waals surface area contributed by atoms with Gasteiger partial charge in [-0.3, -0.25) is 14.4 Å². The molecule has 0 aromatic heterocycles. The summed E-state index contributed by atoms with van der Waals surface area (Å²) in [5.41, 5.74) is 0.887. The minimum absolute atomic E-state index is 0.00659. The zero-order chi connectivity index (χ0) is 24.7. The minimum atomic E-state index is -0.257. The number of hydrogen-bond donors (Lipinski definition) is 1. The van der Waals surface area contributed by atoms with Crippen molar-refractivity contribution in [3.05, 3.63) is 23.8 Å². The fraction of sp³-hybridized carbons (Fsp3) is 0.625. The van der Waals surface area contributed by atoms with E-state index in [0.717, 1.165) is 0 Å². The second-order valence-electron chi connectivity index (χ2n) is 8.99. The van der Waals surface area contributed by atoms with Gasteiger partial charge in [-0.2, -0.15) is 0 Å². The molecule has 1 aliphatic rings. The molecule has 0 spiro atoms. The first-order valence-electron chi connectivity index (χ1n) is 11.4. The fourth-order valence-corrected chi connectivity index (χ4v) is 3.81. The van der Waals surface area contributed by atoms with Gasteiger partial charge < -0.3 is 29.5 Å². The molecule has 3 atom stereocenters. The van der Waals surface area contributed by atoms with Crippen molar-refractivity contribution in [3.63, 3.8) is 0 Å². The Kier molecular flexibility index (Phi) is 9.67. The molecule has 0 fully saturated rings. The quantitative estimate of drug-likeness (QED) is 0.719. The average molecular weight is 463 g/mol. The Balaban J connectivity index is 2.44. The highest BCUT2D eigenvalue weighted by Crippen LogP contribution is 2.26. The molecular weight excluding hydrogens is 424 g/mol. The number of hydrogen-bond acceptors (Lipinski definition) is 6. The third-order valence-corrected chi connectivity index (χ3v) is 5.82. The lowest BCUT2D eigenvalue weighted by molar-refractivity contribution is -0.136. The van der Waals surface area contributed by atoms with Gasteiger partial charge in [-0.15, -0.1) is 0 Å². The first kappa shape index (κ1) is 26.6. The molecule has 0 aliphatic carbocycles. The van der Waals surface area contributed by atoms with Gasteiger partial charge in [0.05, 0.1) is 24.3 Å². The summed E-state index contributed by atoms with van der Waals surface area (Å²) in [5.74, 6) is 0.0585. The summed E-state index contributed by atoms with van der Waals surface area (Å²) in [6.07, 6.45) is 0.0796. The number of anilines is 1. The highest BCUT2D eigenvalue weighted by atomic mass is 16.5. The topological polar surface area (TPSA) is 91.4 Å². The van der Waals surface area contributed by atoms with Crippen molar-refractivity contribution in [3.8, 4) is 5.75 Å². The number of likely N-dealkylation sites (N-methyl/N-ethyl adjacent to an activating group) is 2. The van der Waals surface area contributed by atoms with Crippen LogP contribution in [0.5, 0.6) is 5.75 Å². The van der Waals surface area contributed by atoms with E-state index in [0.29, 0.717) is 43.1 Å². The molecule has 0 saturated heterocycles. The van der Waals surface area contributed by atoms with Gasteiger partial charge in [0.25, 0.3) is 5.91 Å². The third kappa shape index (κ3) is 7.17. The molecule has 33 heavy (non-hydrogen) atoms. The number of amides is 3. The van der Waals surface area contributed by atoms with Crippen LogP contribution >= 0.6 is 0 Å². The van der Waals surface area contributed by atoms with Gasteiger partial charge in [0.15, 0.2) is 0 Å². The third-order valence-electron chi connectivity index (χ3n) is 5.82. The van der Waals surface area contributed by atoms with E-state index in [2.05, 4.69) is 5.32 Å². The van der Waals surface area contributed by atoms with Crippen LogP contribution in [0.1, 0.15) is 37.6 Å². The van der Waals surface area contributed by atoms with Crippen molar-refractivity contribution >= 4 is 23.4 Å². The van der Waals surface area contributed by atoms with Crippen molar-refractivity contribution in [2.45, 2.75) is 39.3 Å². The number of ether oxygens (including phenoxy) is 2.